The van der Waals surface area contributed by atoms with Crippen molar-refractivity contribution >= 4 is 29.4 Å². The number of carbonyl (C=O) groups is 3. The number of nitrogens with two attached hydrogens (primary N) is 1. The van der Waals surface area contributed by atoms with E-state index in [1.54, 1.807) is 19.1 Å². The maximum absolute atomic E-state index is 13.4. The van der Waals surface area contributed by atoms with E-state index in [0.29, 0.717) is 23.1 Å². The smallest absolute Gasteiger partial charge is 0.326 e. The van der Waals surface area contributed by atoms with Gasteiger partial charge in [-0.2, -0.15) is 0 Å². The van der Waals surface area contributed by atoms with Crippen LogP contribution < -0.4 is 21.1 Å². The monoisotopic (exact) mass is 531 g/mol. The minimum Gasteiger partial charge on any atom is -0.491 e. The number of carbonyl (C=O) groups excluding carboxylic acids is 2. The third kappa shape index (κ3) is 9.70. The van der Waals surface area contributed by atoms with Gasteiger partial charge < -0.3 is 26.2 Å². The summed E-state index contributed by atoms with van der Waals surface area (Å²) in [6, 6.07) is 11.5. The Balaban J connectivity index is 2.28. The van der Waals surface area contributed by atoms with Crippen LogP contribution in [0.3, 0.4) is 0 Å². The highest BCUT2D eigenvalue weighted by atomic mass is 35.5. The lowest BCUT2D eigenvalue weighted by molar-refractivity contribution is -0.143. The summed E-state index contributed by atoms with van der Waals surface area (Å²) in [5.41, 5.74) is 7.10. The Kier molecular flexibility index (Phi) is 11.9. The van der Waals surface area contributed by atoms with E-state index < -0.39 is 29.9 Å². The summed E-state index contributed by atoms with van der Waals surface area (Å²) in [6.07, 6.45) is 1.49. The lowest BCUT2D eigenvalue weighted by atomic mass is 9.98. The molecule has 0 radical (unpaired) electrons. The van der Waals surface area contributed by atoms with Gasteiger partial charge in [-0.25, -0.2) is 4.79 Å². The van der Waals surface area contributed by atoms with Crippen LogP contribution >= 0.6 is 11.6 Å². The third-order valence-corrected chi connectivity index (χ3v) is 6.33. The zero-order valence-corrected chi connectivity index (χ0v) is 22.6. The summed E-state index contributed by atoms with van der Waals surface area (Å²) in [6.45, 7) is 7.95. The summed E-state index contributed by atoms with van der Waals surface area (Å²) in [7, 11) is 0. The molecule has 5 N–H and O–H groups in total. The minimum absolute atomic E-state index is 0.159. The van der Waals surface area contributed by atoms with E-state index in [4.69, 9.17) is 22.1 Å². The quantitative estimate of drug-likeness (QED) is 0.291. The second kappa shape index (κ2) is 14.6. The van der Waals surface area contributed by atoms with Crippen LogP contribution in [0, 0.1) is 11.8 Å². The van der Waals surface area contributed by atoms with Crippen LogP contribution in [-0.2, 0) is 16.0 Å². The summed E-state index contributed by atoms with van der Waals surface area (Å²) in [5.74, 6) is -1.89. The van der Waals surface area contributed by atoms with Gasteiger partial charge in [-0.15, -0.1) is 0 Å². The van der Waals surface area contributed by atoms with E-state index in [1.165, 1.54) is 6.07 Å². The molecule has 2 rings (SSSR count). The van der Waals surface area contributed by atoms with Crippen molar-refractivity contribution in [2.45, 2.75) is 65.1 Å². The van der Waals surface area contributed by atoms with Gasteiger partial charge in [-0.05, 0) is 42.0 Å². The van der Waals surface area contributed by atoms with Gasteiger partial charge in [0.15, 0.2) is 0 Å². The second-order valence-corrected chi connectivity index (χ2v) is 10.2. The van der Waals surface area contributed by atoms with Gasteiger partial charge in [-0.1, -0.05) is 76.0 Å². The largest absolute Gasteiger partial charge is 0.491 e. The molecule has 0 saturated heterocycles. The zero-order valence-electron chi connectivity index (χ0n) is 21.9. The SMILES string of the molecule is CC[C@H](C)[C@H](NC(=O)[C@H](Cc1ccccc1)NC(=O)c1cc(Cl)ccc1OC[C@@H](N)CC(C)C)C(=O)O. The molecule has 37 heavy (non-hydrogen) atoms. The number of nitrogens with one attached hydrogen (secondary N) is 2. The summed E-state index contributed by atoms with van der Waals surface area (Å²) >= 11 is 6.17. The molecule has 0 fully saturated rings. The molecule has 9 heteroatoms. The number of halogens is 1. The molecular weight excluding hydrogens is 494 g/mol. The van der Waals surface area contributed by atoms with E-state index in [9.17, 15) is 19.5 Å². The normalized spacial score (nSPS) is 14.4. The van der Waals surface area contributed by atoms with Crippen molar-refractivity contribution in [3.63, 3.8) is 0 Å². The molecule has 0 saturated carbocycles. The molecule has 0 aliphatic rings. The molecule has 0 heterocycles. The average molecular weight is 532 g/mol. The number of hydrogen-bond donors (Lipinski definition) is 4. The van der Waals surface area contributed by atoms with Crippen molar-refractivity contribution in [3.05, 3.63) is 64.7 Å². The Hall–Kier alpha value is -3.10. The highest BCUT2D eigenvalue weighted by Crippen LogP contribution is 2.24. The predicted molar refractivity (Wildman–Crippen MR) is 145 cm³/mol. The van der Waals surface area contributed by atoms with E-state index in [0.717, 1.165) is 12.0 Å². The highest BCUT2D eigenvalue weighted by molar-refractivity contribution is 6.31. The van der Waals surface area contributed by atoms with Crippen LogP contribution in [0.4, 0.5) is 0 Å². The summed E-state index contributed by atoms with van der Waals surface area (Å²) in [5, 5.41) is 15.3. The third-order valence-electron chi connectivity index (χ3n) is 6.09. The first-order valence-electron chi connectivity index (χ1n) is 12.6. The standard InChI is InChI=1S/C28H38ClN3O5/c1-5-18(4)25(28(35)36)32-27(34)23(14-19-9-7-6-8-10-19)31-26(33)22-15-20(29)11-12-24(22)37-16-21(30)13-17(2)3/h6-12,15,17-18,21,23,25H,5,13-14,16,30H2,1-4H3,(H,31,33)(H,32,34)(H,35,36)/t18-,21-,23-,25-/m0/s1. The number of carboxylic acid groups (broad SMARTS) is 1. The summed E-state index contributed by atoms with van der Waals surface area (Å²) in [4.78, 5) is 38.4. The van der Waals surface area contributed by atoms with Crippen molar-refractivity contribution in [1.29, 1.82) is 0 Å². The molecule has 0 spiro atoms. The number of benzene rings is 2. The number of hydrogen-bond acceptors (Lipinski definition) is 5. The van der Waals surface area contributed by atoms with Gasteiger partial charge in [0, 0.05) is 17.5 Å². The Bertz CT molecular complexity index is 1050. The van der Waals surface area contributed by atoms with Crippen LogP contribution in [0.1, 0.15) is 56.5 Å². The Labute approximate surface area is 223 Å². The first kappa shape index (κ1) is 30.1. The van der Waals surface area contributed by atoms with Crippen molar-refractivity contribution < 1.29 is 24.2 Å². The molecule has 2 amide bonds. The Morgan fingerprint density at radius 3 is 2.32 bits per heavy atom. The van der Waals surface area contributed by atoms with Gasteiger partial charge in [0.2, 0.25) is 5.91 Å². The first-order chi connectivity index (χ1) is 17.5. The molecular formula is C28H38ClN3O5. The van der Waals surface area contributed by atoms with E-state index in [-0.39, 0.29) is 30.6 Å². The van der Waals surface area contributed by atoms with Gasteiger partial charge in [-0.3, -0.25) is 9.59 Å². The minimum atomic E-state index is -1.13. The fourth-order valence-corrected chi connectivity index (χ4v) is 4.08. The fourth-order valence-electron chi connectivity index (χ4n) is 3.91. The Morgan fingerprint density at radius 2 is 1.73 bits per heavy atom. The maximum atomic E-state index is 13.4. The molecule has 0 aromatic heterocycles. The fraction of sp³-hybridized carbons (Fsp3) is 0.464. The molecule has 8 nitrogen and oxygen atoms in total. The zero-order chi connectivity index (χ0) is 27.5. The molecule has 0 aliphatic carbocycles. The lowest BCUT2D eigenvalue weighted by Crippen LogP contribution is -2.54. The maximum Gasteiger partial charge on any atom is 0.326 e. The molecule has 0 bridgehead atoms. The van der Waals surface area contributed by atoms with Crippen LogP contribution in [0.15, 0.2) is 48.5 Å². The van der Waals surface area contributed by atoms with Gasteiger partial charge in [0.05, 0.1) is 5.56 Å². The van der Waals surface area contributed by atoms with Gasteiger partial charge in [0.25, 0.3) is 5.91 Å². The van der Waals surface area contributed by atoms with Crippen LogP contribution in [0.2, 0.25) is 5.02 Å². The predicted octanol–water partition coefficient (Wildman–Crippen LogP) is 4.05. The topological polar surface area (TPSA) is 131 Å². The summed E-state index contributed by atoms with van der Waals surface area (Å²) < 4.78 is 5.86. The molecule has 4 atom stereocenters. The lowest BCUT2D eigenvalue weighted by Gasteiger charge is -2.25. The number of rotatable bonds is 14. The average Bonchev–Trinajstić information content (AvgIpc) is 2.85. The second-order valence-electron chi connectivity index (χ2n) is 9.77. The van der Waals surface area contributed by atoms with Crippen molar-refractivity contribution in [2.75, 3.05) is 6.61 Å². The van der Waals surface area contributed by atoms with Crippen molar-refractivity contribution in [1.82, 2.24) is 10.6 Å². The number of aliphatic carboxylic acids is 1. The van der Waals surface area contributed by atoms with Gasteiger partial charge >= 0.3 is 5.97 Å². The van der Waals surface area contributed by atoms with Crippen molar-refractivity contribution in [2.24, 2.45) is 17.6 Å². The Morgan fingerprint density at radius 1 is 1.05 bits per heavy atom. The molecule has 2 aromatic carbocycles. The number of carboxylic acids is 1. The van der Waals surface area contributed by atoms with E-state index >= 15 is 0 Å². The molecule has 202 valence electrons. The number of amides is 2. The van der Waals surface area contributed by atoms with Crippen LogP contribution in [0.25, 0.3) is 0 Å². The molecule has 2 aromatic rings. The highest BCUT2D eigenvalue weighted by Gasteiger charge is 2.30. The van der Waals surface area contributed by atoms with Gasteiger partial charge in [0.1, 0.15) is 24.4 Å². The first-order valence-corrected chi connectivity index (χ1v) is 12.9. The van der Waals surface area contributed by atoms with Crippen LogP contribution in [0.5, 0.6) is 5.75 Å². The van der Waals surface area contributed by atoms with E-state index in [2.05, 4.69) is 24.5 Å². The van der Waals surface area contributed by atoms with Crippen LogP contribution in [-0.4, -0.2) is 47.6 Å². The van der Waals surface area contributed by atoms with Crippen molar-refractivity contribution in [3.8, 4) is 5.75 Å². The number of ether oxygens (including phenoxy) is 1. The van der Waals surface area contributed by atoms with E-state index in [1.807, 2.05) is 37.3 Å². The molecule has 0 aliphatic heterocycles. The molecule has 0 unspecified atom stereocenters.